The zero-order valence-corrected chi connectivity index (χ0v) is 17.0. The van der Waals surface area contributed by atoms with Crippen LogP contribution in [-0.2, 0) is 29.5 Å². The number of hydrogen-bond acceptors (Lipinski definition) is 6. The smallest absolute Gasteiger partial charge is 0.247 e. The van der Waals surface area contributed by atoms with Crippen molar-refractivity contribution in [1.29, 1.82) is 0 Å². The number of oxazole rings is 1. The Morgan fingerprint density at radius 1 is 1.27 bits per heavy atom. The van der Waals surface area contributed by atoms with Crippen LogP contribution >= 0.6 is 11.6 Å². The summed E-state index contributed by atoms with van der Waals surface area (Å²) in [5.41, 5.74) is 6.42. The maximum absolute atomic E-state index is 6.30. The van der Waals surface area contributed by atoms with Crippen LogP contribution in [0.3, 0.4) is 0 Å². The summed E-state index contributed by atoms with van der Waals surface area (Å²) >= 11 is 6.30. The number of benzene rings is 1. The first-order chi connectivity index (χ1) is 14.7. The number of rotatable bonds is 4. The second kappa shape index (κ2) is 6.80. The number of halogens is 1. The van der Waals surface area contributed by atoms with Crippen molar-refractivity contribution in [1.82, 2.24) is 24.3 Å². The number of aromatic nitrogens is 5. The second-order valence-corrected chi connectivity index (χ2v) is 7.98. The molecule has 3 aromatic heterocycles. The first-order valence-electron chi connectivity index (χ1n) is 9.69. The molecule has 4 aromatic rings. The molecule has 0 radical (unpaired) electrons. The third-order valence-electron chi connectivity index (χ3n) is 5.43. The van der Waals surface area contributed by atoms with Crippen molar-refractivity contribution in [3.63, 3.8) is 0 Å². The van der Waals surface area contributed by atoms with Crippen molar-refractivity contribution in [2.75, 3.05) is 13.2 Å². The molecule has 0 atom stereocenters. The maximum Gasteiger partial charge on any atom is 0.247 e. The van der Waals surface area contributed by atoms with Gasteiger partial charge < -0.3 is 18.5 Å². The van der Waals surface area contributed by atoms with Crippen LogP contribution < -0.4 is 0 Å². The molecule has 0 spiro atoms. The van der Waals surface area contributed by atoms with Gasteiger partial charge in [-0.2, -0.15) is 5.10 Å². The van der Waals surface area contributed by atoms with Crippen LogP contribution in [0.1, 0.15) is 17.0 Å². The summed E-state index contributed by atoms with van der Waals surface area (Å²) in [6.07, 6.45) is 6.25. The number of imidazole rings is 1. The normalized spacial score (nSPS) is 15.3. The quantitative estimate of drug-likeness (QED) is 0.440. The Kier molecular flexibility index (Phi) is 4.05. The fraction of sp³-hybridized carbons (Fsp3) is 0.286. The third kappa shape index (κ3) is 2.87. The highest BCUT2D eigenvalue weighted by Gasteiger charge is 2.27. The van der Waals surface area contributed by atoms with E-state index in [1.54, 1.807) is 12.6 Å². The zero-order valence-electron chi connectivity index (χ0n) is 16.2. The molecule has 2 aliphatic rings. The van der Waals surface area contributed by atoms with Gasteiger partial charge in [-0.25, -0.2) is 9.97 Å². The van der Waals surface area contributed by atoms with Crippen molar-refractivity contribution < 1.29 is 13.9 Å². The molecule has 0 unspecified atom stereocenters. The molecule has 0 N–H and O–H groups in total. The van der Waals surface area contributed by atoms with E-state index >= 15 is 0 Å². The molecular formula is C21H18ClN5O3. The van der Waals surface area contributed by atoms with Crippen molar-refractivity contribution in [2.45, 2.75) is 19.1 Å². The van der Waals surface area contributed by atoms with E-state index < -0.39 is 0 Å². The highest BCUT2D eigenvalue weighted by molar-refractivity contribution is 6.31. The van der Waals surface area contributed by atoms with E-state index in [0.717, 1.165) is 33.9 Å². The minimum atomic E-state index is 0.140. The molecule has 0 saturated carbocycles. The number of aryl methyl sites for hydroxylation is 1. The molecule has 152 valence electrons. The van der Waals surface area contributed by atoms with Crippen LogP contribution in [0.5, 0.6) is 0 Å². The van der Waals surface area contributed by atoms with Gasteiger partial charge in [0.05, 0.1) is 36.9 Å². The third-order valence-corrected chi connectivity index (χ3v) is 5.67. The van der Waals surface area contributed by atoms with E-state index in [9.17, 15) is 0 Å². The monoisotopic (exact) mass is 423 g/mol. The molecule has 8 nitrogen and oxygen atoms in total. The van der Waals surface area contributed by atoms with Crippen LogP contribution in [0.2, 0.25) is 5.02 Å². The summed E-state index contributed by atoms with van der Waals surface area (Å²) < 4.78 is 20.5. The standard InChI is InChI=1S/C21H18ClN5O3/c1-26-6-12-4-18-20(21-24-14(8-30-21)7-29-15-9-28-10-15)23-11-27(18)17-3-2-13(22)5-16(17)19(12)25-26/h2-3,5-6,8,11,15H,4,7,9-10H2,1H3. The molecule has 5 heterocycles. The van der Waals surface area contributed by atoms with Gasteiger partial charge in [-0.05, 0) is 18.2 Å². The summed E-state index contributed by atoms with van der Waals surface area (Å²) in [4.78, 5) is 9.24. The molecule has 6 rings (SSSR count). The molecular weight excluding hydrogens is 406 g/mol. The summed E-state index contributed by atoms with van der Waals surface area (Å²) in [5.74, 6) is 0.482. The Bertz CT molecular complexity index is 1250. The van der Waals surface area contributed by atoms with E-state index in [2.05, 4.69) is 19.6 Å². The lowest BCUT2D eigenvalue weighted by atomic mass is 10.0. The van der Waals surface area contributed by atoms with Crippen LogP contribution in [-0.4, -0.2) is 43.6 Å². The van der Waals surface area contributed by atoms with Crippen molar-refractivity contribution in [3.8, 4) is 28.5 Å². The summed E-state index contributed by atoms with van der Waals surface area (Å²) in [6.45, 7) is 1.66. The van der Waals surface area contributed by atoms with Gasteiger partial charge in [0.2, 0.25) is 5.89 Å². The lowest BCUT2D eigenvalue weighted by Gasteiger charge is -2.25. The first-order valence-corrected chi connectivity index (χ1v) is 10.1. The number of fused-ring (bicyclic) bond motifs is 5. The Balaban J connectivity index is 1.42. The van der Waals surface area contributed by atoms with E-state index in [-0.39, 0.29) is 6.10 Å². The highest BCUT2D eigenvalue weighted by atomic mass is 35.5. The van der Waals surface area contributed by atoms with Crippen LogP contribution in [0.25, 0.3) is 28.5 Å². The lowest BCUT2D eigenvalue weighted by Crippen LogP contribution is -2.35. The maximum atomic E-state index is 6.30. The average Bonchev–Trinajstić information content (AvgIpc) is 3.38. The molecule has 0 aliphatic carbocycles. The Morgan fingerprint density at radius 3 is 3.00 bits per heavy atom. The van der Waals surface area contributed by atoms with Crippen molar-refractivity contribution >= 4 is 11.6 Å². The van der Waals surface area contributed by atoms with Crippen molar-refractivity contribution in [2.24, 2.45) is 7.05 Å². The van der Waals surface area contributed by atoms with E-state index in [0.29, 0.717) is 42.8 Å². The molecule has 2 aliphatic heterocycles. The van der Waals surface area contributed by atoms with Gasteiger partial charge in [0, 0.05) is 35.8 Å². The SMILES string of the molecule is Cn1cc2c(n1)-c1cc(Cl)ccc1-n1cnc(-c3nc(COC4COC4)co3)c1C2. The Morgan fingerprint density at radius 2 is 2.17 bits per heavy atom. The molecule has 1 fully saturated rings. The average molecular weight is 424 g/mol. The molecule has 0 bridgehead atoms. The molecule has 30 heavy (non-hydrogen) atoms. The lowest BCUT2D eigenvalue weighted by molar-refractivity contribution is -0.135. The molecule has 1 saturated heterocycles. The number of hydrogen-bond donors (Lipinski definition) is 0. The topological polar surface area (TPSA) is 80.1 Å². The van der Waals surface area contributed by atoms with Gasteiger partial charge in [0.25, 0.3) is 0 Å². The van der Waals surface area contributed by atoms with E-state index in [4.69, 9.17) is 25.5 Å². The van der Waals surface area contributed by atoms with Gasteiger partial charge in [0.1, 0.15) is 30.1 Å². The largest absolute Gasteiger partial charge is 0.443 e. The zero-order chi connectivity index (χ0) is 20.2. The first kappa shape index (κ1) is 17.9. The summed E-state index contributed by atoms with van der Waals surface area (Å²) in [5, 5.41) is 5.35. The van der Waals surface area contributed by atoms with Gasteiger partial charge in [-0.15, -0.1) is 0 Å². The van der Waals surface area contributed by atoms with Gasteiger partial charge in [-0.1, -0.05) is 11.6 Å². The minimum absolute atomic E-state index is 0.140. The number of ether oxygens (including phenoxy) is 2. The second-order valence-electron chi connectivity index (χ2n) is 7.54. The summed E-state index contributed by atoms with van der Waals surface area (Å²) in [7, 11) is 1.92. The molecule has 1 aromatic carbocycles. The van der Waals surface area contributed by atoms with Crippen LogP contribution in [0.15, 0.2) is 41.4 Å². The minimum Gasteiger partial charge on any atom is -0.443 e. The predicted octanol–water partition coefficient (Wildman–Crippen LogP) is 3.40. The van der Waals surface area contributed by atoms with Gasteiger partial charge >= 0.3 is 0 Å². The predicted molar refractivity (Wildman–Crippen MR) is 108 cm³/mol. The Labute approximate surface area is 177 Å². The fourth-order valence-electron chi connectivity index (χ4n) is 3.91. The van der Waals surface area contributed by atoms with Gasteiger partial charge in [-0.3, -0.25) is 4.68 Å². The number of nitrogens with zero attached hydrogens (tertiary/aromatic N) is 5. The van der Waals surface area contributed by atoms with Crippen LogP contribution in [0, 0.1) is 0 Å². The molecule has 9 heteroatoms. The highest BCUT2D eigenvalue weighted by Crippen LogP contribution is 2.38. The van der Waals surface area contributed by atoms with Crippen molar-refractivity contribution in [3.05, 3.63) is 59.0 Å². The van der Waals surface area contributed by atoms with E-state index in [1.807, 2.05) is 36.1 Å². The van der Waals surface area contributed by atoms with Crippen LogP contribution in [0.4, 0.5) is 0 Å². The fourth-order valence-corrected chi connectivity index (χ4v) is 4.08. The van der Waals surface area contributed by atoms with Gasteiger partial charge in [0.15, 0.2) is 0 Å². The van der Waals surface area contributed by atoms with E-state index in [1.165, 1.54) is 0 Å². The Hall–Kier alpha value is -2.94. The summed E-state index contributed by atoms with van der Waals surface area (Å²) in [6, 6.07) is 5.82. The molecule has 0 amide bonds.